The van der Waals surface area contributed by atoms with Crippen LogP contribution in [0.4, 0.5) is 0 Å². The van der Waals surface area contributed by atoms with Crippen LogP contribution < -0.4 is 19.5 Å². The molecule has 2 aromatic carbocycles. The van der Waals surface area contributed by atoms with Crippen molar-refractivity contribution in [1.82, 2.24) is 20.5 Å². The average Bonchev–Trinajstić information content (AvgIpc) is 2.90. The third-order valence-electron chi connectivity index (χ3n) is 6.35. The molecule has 0 aliphatic rings. The monoisotopic (exact) mass is 534 g/mol. The molecule has 2 heterocycles. The van der Waals surface area contributed by atoms with E-state index >= 15 is 0 Å². The van der Waals surface area contributed by atoms with Crippen molar-refractivity contribution in [3.05, 3.63) is 70.0 Å². The molecule has 0 aliphatic heterocycles. The van der Waals surface area contributed by atoms with E-state index in [0.29, 0.717) is 38.9 Å². The first-order chi connectivity index (χ1) is 18.1. The highest BCUT2D eigenvalue weighted by molar-refractivity contribution is 6.31. The average molecular weight is 535 g/mol. The number of nitrogens with zero attached hydrogens (tertiary/aromatic N) is 3. The van der Waals surface area contributed by atoms with Gasteiger partial charge in [0.15, 0.2) is 5.69 Å². The topological polar surface area (TPSA) is 95.5 Å². The standard InChI is InChI=1S/C29H31ClN4O4/c1-16-10-20(29(2,3)4)21(30)12-19(16)22-13-25(38-7)26-23(33-22)15-32-34-27(26)28(35)31-14-17-8-9-18(36-5)11-24(17)37-6/h8-13,15H,14H2,1-7H3,(H,31,35). The third kappa shape index (κ3) is 5.36. The number of carbonyl (C=O) groups is 1. The van der Waals surface area contributed by atoms with Crippen molar-refractivity contribution in [2.45, 2.75) is 39.7 Å². The van der Waals surface area contributed by atoms with Crippen molar-refractivity contribution < 1.29 is 19.0 Å². The minimum absolute atomic E-state index is 0.0947. The van der Waals surface area contributed by atoms with Crippen LogP contribution in [-0.4, -0.2) is 42.4 Å². The normalized spacial score (nSPS) is 11.4. The molecule has 1 N–H and O–H groups in total. The number of ether oxygens (including phenoxy) is 3. The lowest BCUT2D eigenvalue weighted by Gasteiger charge is -2.22. The fraction of sp³-hybridized carbons (Fsp3) is 0.310. The first-order valence-corrected chi connectivity index (χ1v) is 12.5. The molecule has 0 bridgehead atoms. The molecule has 2 aromatic heterocycles. The summed E-state index contributed by atoms with van der Waals surface area (Å²) in [5, 5.41) is 12.2. The summed E-state index contributed by atoms with van der Waals surface area (Å²) < 4.78 is 16.4. The van der Waals surface area contributed by atoms with Gasteiger partial charge in [-0.3, -0.25) is 4.79 Å². The molecule has 0 saturated heterocycles. The number of fused-ring (bicyclic) bond motifs is 1. The summed E-state index contributed by atoms with van der Waals surface area (Å²) in [6.45, 7) is 8.62. The predicted octanol–water partition coefficient (Wildman–Crippen LogP) is 5.91. The van der Waals surface area contributed by atoms with E-state index in [9.17, 15) is 4.79 Å². The number of amides is 1. The highest BCUT2D eigenvalue weighted by Gasteiger charge is 2.22. The van der Waals surface area contributed by atoms with E-state index in [1.807, 2.05) is 19.1 Å². The van der Waals surface area contributed by atoms with E-state index < -0.39 is 5.91 Å². The molecule has 8 nitrogen and oxygen atoms in total. The predicted molar refractivity (Wildman–Crippen MR) is 148 cm³/mol. The SMILES string of the molecule is COc1ccc(CNC(=O)c2nncc3nc(-c4cc(Cl)c(C(C)(C)C)cc4C)cc(OC)c23)c(OC)c1. The molecule has 0 fully saturated rings. The molecule has 4 aromatic rings. The minimum atomic E-state index is -0.414. The Labute approximate surface area is 227 Å². The van der Waals surface area contributed by atoms with Gasteiger partial charge in [-0.15, -0.1) is 5.10 Å². The third-order valence-corrected chi connectivity index (χ3v) is 6.67. The molecule has 9 heteroatoms. The maximum absolute atomic E-state index is 13.2. The van der Waals surface area contributed by atoms with Crippen LogP contribution in [0.25, 0.3) is 22.2 Å². The Morgan fingerprint density at radius 2 is 1.74 bits per heavy atom. The van der Waals surface area contributed by atoms with E-state index in [0.717, 1.165) is 22.3 Å². The van der Waals surface area contributed by atoms with Crippen LogP contribution in [0.15, 0.2) is 42.6 Å². The maximum Gasteiger partial charge on any atom is 0.272 e. The number of hydrogen-bond acceptors (Lipinski definition) is 7. The quantitative estimate of drug-likeness (QED) is 0.315. The molecular formula is C29H31ClN4O4. The smallest absolute Gasteiger partial charge is 0.272 e. The van der Waals surface area contributed by atoms with Gasteiger partial charge < -0.3 is 19.5 Å². The van der Waals surface area contributed by atoms with Crippen molar-refractivity contribution >= 4 is 28.4 Å². The van der Waals surface area contributed by atoms with Crippen LogP contribution >= 0.6 is 11.6 Å². The van der Waals surface area contributed by atoms with Crippen molar-refractivity contribution in [2.75, 3.05) is 21.3 Å². The number of hydrogen-bond donors (Lipinski definition) is 1. The van der Waals surface area contributed by atoms with E-state index in [1.54, 1.807) is 39.5 Å². The Morgan fingerprint density at radius 3 is 2.39 bits per heavy atom. The van der Waals surface area contributed by atoms with Gasteiger partial charge in [-0.1, -0.05) is 38.4 Å². The van der Waals surface area contributed by atoms with E-state index in [2.05, 4.69) is 42.4 Å². The van der Waals surface area contributed by atoms with Gasteiger partial charge in [0.2, 0.25) is 0 Å². The summed E-state index contributed by atoms with van der Waals surface area (Å²) in [6, 6.07) is 11.2. The first-order valence-electron chi connectivity index (χ1n) is 12.1. The van der Waals surface area contributed by atoms with Crippen LogP contribution in [0.5, 0.6) is 17.2 Å². The Hall–Kier alpha value is -3.91. The summed E-state index contributed by atoms with van der Waals surface area (Å²) in [7, 11) is 4.69. The van der Waals surface area contributed by atoms with Crippen LogP contribution in [0.2, 0.25) is 5.02 Å². The highest BCUT2D eigenvalue weighted by Crippen LogP contribution is 2.37. The number of aromatic nitrogens is 3. The summed E-state index contributed by atoms with van der Waals surface area (Å²) in [5.41, 5.74) is 4.92. The lowest BCUT2D eigenvalue weighted by molar-refractivity contribution is 0.0946. The van der Waals surface area contributed by atoms with Gasteiger partial charge in [0.25, 0.3) is 5.91 Å². The van der Waals surface area contributed by atoms with E-state index in [-0.39, 0.29) is 17.7 Å². The second-order valence-electron chi connectivity index (χ2n) is 9.92. The van der Waals surface area contributed by atoms with E-state index in [4.69, 9.17) is 30.8 Å². The lowest BCUT2D eigenvalue weighted by Crippen LogP contribution is -2.25. The highest BCUT2D eigenvalue weighted by atomic mass is 35.5. The van der Waals surface area contributed by atoms with Crippen molar-refractivity contribution in [2.24, 2.45) is 0 Å². The molecule has 1 amide bonds. The van der Waals surface area contributed by atoms with Crippen molar-refractivity contribution in [1.29, 1.82) is 0 Å². The van der Waals surface area contributed by atoms with Crippen LogP contribution in [0.1, 0.15) is 48.0 Å². The van der Waals surface area contributed by atoms with Crippen molar-refractivity contribution in [3.8, 4) is 28.5 Å². The van der Waals surface area contributed by atoms with Gasteiger partial charge in [-0.2, -0.15) is 5.10 Å². The first kappa shape index (κ1) is 27.1. The Bertz CT molecular complexity index is 1520. The number of carbonyl (C=O) groups excluding carboxylic acids is 1. The number of rotatable bonds is 7. The summed E-state index contributed by atoms with van der Waals surface area (Å²) in [6.07, 6.45) is 1.52. The van der Waals surface area contributed by atoms with Gasteiger partial charge >= 0.3 is 0 Å². The maximum atomic E-state index is 13.2. The molecule has 0 spiro atoms. The fourth-order valence-corrected chi connectivity index (χ4v) is 4.76. The Balaban J connectivity index is 1.71. The summed E-state index contributed by atoms with van der Waals surface area (Å²) >= 11 is 6.67. The lowest BCUT2D eigenvalue weighted by atomic mass is 9.85. The number of benzene rings is 2. The van der Waals surface area contributed by atoms with Crippen LogP contribution in [-0.2, 0) is 12.0 Å². The fourth-order valence-electron chi connectivity index (χ4n) is 4.31. The molecule has 0 aliphatic carbocycles. The number of methoxy groups -OCH3 is 3. The summed E-state index contributed by atoms with van der Waals surface area (Å²) in [4.78, 5) is 18.0. The second-order valence-corrected chi connectivity index (χ2v) is 10.3. The molecule has 4 rings (SSSR count). The largest absolute Gasteiger partial charge is 0.497 e. The molecule has 38 heavy (non-hydrogen) atoms. The number of pyridine rings is 1. The van der Waals surface area contributed by atoms with Gasteiger partial charge in [-0.25, -0.2) is 4.98 Å². The zero-order valence-corrected chi connectivity index (χ0v) is 23.4. The van der Waals surface area contributed by atoms with Gasteiger partial charge in [-0.05, 0) is 41.7 Å². The van der Waals surface area contributed by atoms with Crippen LogP contribution in [0, 0.1) is 6.92 Å². The van der Waals surface area contributed by atoms with Gasteiger partial charge in [0.05, 0.1) is 44.1 Å². The summed E-state index contributed by atoms with van der Waals surface area (Å²) in [5.74, 6) is 1.31. The second kappa shape index (κ2) is 10.8. The molecule has 0 unspecified atom stereocenters. The van der Waals surface area contributed by atoms with Gasteiger partial charge in [0.1, 0.15) is 17.2 Å². The number of nitrogens with one attached hydrogen (secondary N) is 1. The minimum Gasteiger partial charge on any atom is -0.497 e. The van der Waals surface area contributed by atoms with Gasteiger partial charge in [0, 0.05) is 34.8 Å². The number of aryl methyl sites for hydroxylation is 1. The zero-order chi connectivity index (χ0) is 27.6. The van der Waals surface area contributed by atoms with Crippen LogP contribution in [0.3, 0.4) is 0 Å². The molecule has 0 atom stereocenters. The Morgan fingerprint density at radius 1 is 1.00 bits per heavy atom. The number of halogens is 1. The Kier molecular flexibility index (Phi) is 7.73. The van der Waals surface area contributed by atoms with Crippen molar-refractivity contribution in [3.63, 3.8) is 0 Å². The molecular weight excluding hydrogens is 504 g/mol. The van der Waals surface area contributed by atoms with E-state index in [1.165, 1.54) is 6.20 Å². The molecule has 198 valence electrons. The molecule has 0 radical (unpaired) electrons. The zero-order valence-electron chi connectivity index (χ0n) is 22.6. The molecule has 0 saturated carbocycles.